The summed E-state index contributed by atoms with van der Waals surface area (Å²) in [4.78, 5) is 35.0. The van der Waals surface area contributed by atoms with Gasteiger partial charge in [-0.2, -0.15) is 0 Å². The van der Waals surface area contributed by atoms with Crippen LogP contribution >= 0.6 is 0 Å². The van der Waals surface area contributed by atoms with Gasteiger partial charge in [0.15, 0.2) is 0 Å². The van der Waals surface area contributed by atoms with E-state index in [9.17, 15) is 9.59 Å². The van der Waals surface area contributed by atoms with Crippen LogP contribution in [-0.2, 0) is 9.59 Å². The molecule has 0 saturated carbocycles. The maximum atomic E-state index is 12.5. The van der Waals surface area contributed by atoms with E-state index in [1.54, 1.807) is 17.2 Å². The Balaban J connectivity index is 1.69. The van der Waals surface area contributed by atoms with Crippen molar-refractivity contribution in [2.24, 2.45) is 0 Å². The number of aromatic nitrogens is 2. The quantitative estimate of drug-likeness (QED) is 0.842. The van der Waals surface area contributed by atoms with Crippen LogP contribution in [-0.4, -0.2) is 39.8 Å². The fraction of sp³-hybridized carbons (Fsp3) is 0.400. The van der Waals surface area contributed by atoms with Crippen LogP contribution in [0.15, 0.2) is 36.5 Å². The molecule has 1 aromatic carbocycles. The molecule has 2 amide bonds. The van der Waals surface area contributed by atoms with Gasteiger partial charge in [0.05, 0.1) is 5.69 Å². The summed E-state index contributed by atoms with van der Waals surface area (Å²) in [5, 5.41) is 2.73. The zero-order chi connectivity index (χ0) is 18.4. The highest BCUT2D eigenvalue weighted by Gasteiger charge is 2.22. The molecule has 1 aromatic heterocycles. The highest BCUT2D eigenvalue weighted by atomic mass is 16.2. The standard InChI is InChI=1S/C20H24N4O2/c1-15-21-11-10-18(22-15)16-8-7-9-17(14-16)23-19(25)20(26)24-12-5-3-2-4-6-13-24/h7-11,14H,2-6,12-13H2,1H3,(H,23,25). The van der Waals surface area contributed by atoms with Crippen LogP contribution in [0.5, 0.6) is 0 Å². The van der Waals surface area contributed by atoms with Gasteiger partial charge in [0.25, 0.3) is 0 Å². The molecule has 0 aliphatic carbocycles. The first kappa shape index (κ1) is 18.0. The number of nitrogens with one attached hydrogen (secondary N) is 1. The number of amides is 2. The zero-order valence-corrected chi connectivity index (χ0v) is 15.1. The maximum absolute atomic E-state index is 12.5. The van der Waals surface area contributed by atoms with E-state index in [4.69, 9.17) is 0 Å². The smallest absolute Gasteiger partial charge is 0.313 e. The van der Waals surface area contributed by atoms with Crippen molar-refractivity contribution in [1.29, 1.82) is 0 Å². The summed E-state index contributed by atoms with van der Waals surface area (Å²) in [7, 11) is 0. The Morgan fingerprint density at radius 2 is 1.77 bits per heavy atom. The van der Waals surface area contributed by atoms with Gasteiger partial charge < -0.3 is 10.2 Å². The number of nitrogens with zero attached hydrogens (tertiary/aromatic N) is 3. The molecule has 3 rings (SSSR count). The maximum Gasteiger partial charge on any atom is 0.313 e. The summed E-state index contributed by atoms with van der Waals surface area (Å²) < 4.78 is 0. The zero-order valence-electron chi connectivity index (χ0n) is 15.1. The molecule has 0 unspecified atom stereocenters. The van der Waals surface area contributed by atoms with Crippen molar-refractivity contribution in [2.75, 3.05) is 18.4 Å². The number of carbonyl (C=O) groups is 2. The Hall–Kier alpha value is -2.76. The Kier molecular flexibility index (Phi) is 5.94. The molecule has 0 radical (unpaired) electrons. The second-order valence-electron chi connectivity index (χ2n) is 6.58. The van der Waals surface area contributed by atoms with Gasteiger partial charge in [-0.05, 0) is 38.0 Å². The van der Waals surface area contributed by atoms with Crippen LogP contribution in [0.1, 0.15) is 37.9 Å². The van der Waals surface area contributed by atoms with E-state index in [2.05, 4.69) is 15.3 Å². The lowest BCUT2D eigenvalue weighted by Crippen LogP contribution is -2.41. The Labute approximate surface area is 153 Å². The van der Waals surface area contributed by atoms with Crippen LogP contribution in [0.25, 0.3) is 11.3 Å². The lowest BCUT2D eigenvalue weighted by molar-refractivity contribution is -0.143. The molecule has 1 aliphatic heterocycles. The number of benzene rings is 1. The van der Waals surface area contributed by atoms with Crippen LogP contribution < -0.4 is 5.32 Å². The molecule has 0 atom stereocenters. The summed E-state index contributed by atoms with van der Waals surface area (Å²) in [6, 6.07) is 9.16. The van der Waals surface area contributed by atoms with Gasteiger partial charge >= 0.3 is 11.8 Å². The van der Waals surface area contributed by atoms with Crippen molar-refractivity contribution >= 4 is 17.5 Å². The number of rotatable bonds is 2. The van der Waals surface area contributed by atoms with Gasteiger partial charge in [-0.3, -0.25) is 9.59 Å². The van der Waals surface area contributed by atoms with Gasteiger partial charge in [-0.1, -0.05) is 31.4 Å². The summed E-state index contributed by atoms with van der Waals surface area (Å²) in [6.45, 7) is 3.15. The van der Waals surface area contributed by atoms with E-state index >= 15 is 0 Å². The third-order valence-corrected chi connectivity index (χ3v) is 4.53. The van der Waals surface area contributed by atoms with Crippen molar-refractivity contribution < 1.29 is 9.59 Å². The van der Waals surface area contributed by atoms with Crippen molar-refractivity contribution in [2.45, 2.75) is 39.0 Å². The topological polar surface area (TPSA) is 75.2 Å². The van der Waals surface area contributed by atoms with Crippen LogP contribution in [0.3, 0.4) is 0 Å². The van der Waals surface area contributed by atoms with Gasteiger partial charge in [0, 0.05) is 30.5 Å². The second-order valence-corrected chi connectivity index (χ2v) is 6.58. The first-order chi connectivity index (χ1) is 12.6. The SMILES string of the molecule is Cc1nccc(-c2cccc(NC(=O)C(=O)N3CCCCCCC3)c2)n1. The third-order valence-electron chi connectivity index (χ3n) is 4.53. The monoisotopic (exact) mass is 352 g/mol. The van der Waals surface area contributed by atoms with E-state index in [-0.39, 0.29) is 0 Å². The van der Waals surface area contributed by atoms with Gasteiger partial charge in [0.2, 0.25) is 0 Å². The summed E-state index contributed by atoms with van der Waals surface area (Å²) in [5.74, 6) is -0.346. The van der Waals surface area contributed by atoms with E-state index < -0.39 is 11.8 Å². The second kappa shape index (κ2) is 8.56. The molecule has 26 heavy (non-hydrogen) atoms. The summed E-state index contributed by atoms with van der Waals surface area (Å²) in [6.07, 6.45) is 7.07. The first-order valence-corrected chi connectivity index (χ1v) is 9.14. The highest BCUT2D eigenvalue weighted by molar-refractivity contribution is 6.39. The van der Waals surface area contributed by atoms with Crippen LogP contribution in [0.4, 0.5) is 5.69 Å². The first-order valence-electron chi connectivity index (χ1n) is 9.14. The molecule has 1 aliphatic rings. The van der Waals surface area contributed by atoms with E-state index in [1.807, 2.05) is 31.2 Å². The molecule has 136 valence electrons. The Morgan fingerprint density at radius 3 is 2.50 bits per heavy atom. The molecule has 6 heteroatoms. The largest absolute Gasteiger partial charge is 0.334 e. The number of hydrogen-bond acceptors (Lipinski definition) is 4. The minimum absolute atomic E-state index is 0.449. The van der Waals surface area contributed by atoms with Crippen molar-refractivity contribution in [3.63, 3.8) is 0 Å². The normalized spacial score (nSPS) is 15.0. The summed E-state index contributed by atoms with van der Waals surface area (Å²) >= 11 is 0. The van der Waals surface area contributed by atoms with Gasteiger partial charge in [-0.15, -0.1) is 0 Å². The molecular weight excluding hydrogens is 328 g/mol. The molecule has 0 spiro atoms. The predicted octanol–water partition coefficient (Wildman–Crippen LogP) is 3.18. The Morgan fingerprint density at radius 1 is 1.04 bits per heavy atom. The van der Waals surface area contributed by atoms with Crippen molar-refractivity contribution in [3.8, 4) is 11.3 Å². The molecule has 0 bridgehead atoms. The number of hydrogen-bond donors (Lipinski definition) is 1. The number of aryl methyl sites for hydroxylation is 1. The summed E-state index contributed by atoms with van der Waals surface area (Å²) in [5.41, 5.74) is 2.24. The average Bonchev–Trinajstić information content (AvgIpc) is 2.61. The van der Waals surface area contributed by atoms with Crippen molar-refractivity contribution in [3.05, 3.63) is 42.4 Å². The van der Waals surface area contributed by atoms with E-state index in [0.29, 0.717) is 24.6 Å². The minimum Gasteiger partial charge on any atom is -0.334 e. The third kappa shape index (κ3) is 4.65. The molecule has 2 heterocycles. The number of anilines is 1. The van der Waals surface area contributed by atoms with Crippen molar-refractivity contribution in [1.82, 2.24) is 14.9 Å². The highest BCUT2D eigenvalue weighted by Crippen LogP contribution is 2.21. The van der Waals surface area contributed by atoms with Crippen LogP contribution in [0, 0.1) is 6.92 Å². The fourth-order valence-corrected chi connectivity index (χ4v) is 3.15. The molecule has 1 fully saturated rings. The number of likely N-dealkylation sites (tertiary alicyclic amines) is 1. The predicted molar refractivity (Wildman–Crippen MR) is 100 cm³/mol. The van der Waals surface area contributed by atoms with Crippen LogP contribution in [0.2, 0.25) is 0 Å². The fourth-order valence-electron chi connectivity index (χ4n) is 3.15. The van der Waals surface area contributed by atoms with Gasteiger partial charge in [-0.25, -0.2) is 9.97 Å². The molecule has 6 nitrogen and oxygen atoms in total. The molecule has 2 aromatic rings. The van der Waals surface area contributed by atoms with E-state index in [0.717, 1.165) is 36.9 Å². The average molecular weight is 352 g/mol. The molecule has 1 N–H and O–H groups in total. The lowest BCUT2D eigenvalue weighted by Gasteiger charge is -2.24. The molecular formula is C20H24N4O2. The Bertz CT molecular complexity index is 783. The number of carbonyl (C=O) groups excluding carboxylic acids is 2. The molecule has 1 saturated heterocycles. The van der Waals surface area contributed by atoms with E-state index in [1.165, 1.54) is 6.42 Å². The van der Waals surface area contributed by atoms with Gasteiger partial charge in [0.1, 0.15) is 5.82 Å². The minimum atomic E-state index is -0.582. The lowest BCUT2D eigenvalue weighted by atomic mass is 10.1.